The maximum Gasteiger partial charge on any atom is 0.311 e. The lowest BCUT2D eigenvalue weighted by atomic mass is 10.3. The number of aryl methyl sites for hydroxylation is 1. The number of carboxylic acid groups (broad SMARTS) is 1. The molecule has 1 aromatic heterocycles. The van der Waals surface area contributed by atoms with Crippen LogP contribution in [0, 0.1) is 5.82 Å². The van der Waals surface area contributed by atoms with Crippen LogP contribution >= 0.6 is 0 Å². The highest BCUT2D eigenvalue weighted by Crippen LogP contribution is 2.17. The van der Waals surface area contributed by atoms with Crippen LogP contribution in [0.1, 0.15) is 12.7 Å². The van der Waals surface area contributed by atoms with Gasteiger partial charge in [-0.05, 0) is 19.1 Å². The van der Waals surface area contributed by atoms with E-state index in [4.69, 9.17) is 5.11 Å². The molecule has 0 unspecified atom stereocenters. The number of rotatable bonds is 3. The van der Waals surface area contributed by atoms with E-state index < -0.39 is 5.97 Å². The van der Waals surface area contributed by atoms with Gasteiger partial charge in [0, 0.05) is 12.6 Å². The molecule has 0 aliphatic heterocycles. The van der Waals surface area contributed by atoms with E-state index in [1.54, 1.807) is 10.6 Å². The molecule has 0 fully saturated rings. The molecule has 1 N–H and O–H groups in total. The van der Waals surface area contributed by atoms with Gasteiger partial charge in [-0.2, -0.15) is 0 Å². The first-order valence-corrected chi connectivity index (χ1v) is 4.98. The highest BCUT2D eigenvalue weighted by molar-refractivity contribution is 5.78. The van der Waals surface area contributed by atoms with E-state index in [0.29, 0.717) is 17.9 Å². The highest BCUT2D eigenvalue weighted by Gasteiger charge is 2.12. The topological polar surface area (TPSA) is 55.1 Å². The summed E-state index contributed by atoms with van der Waals surface area (Å²) in [4.78, 5) is 14.8. The number of benzene rings is 1. The number of aliphatic carboxylic acids is 1. The Morgan fingerprint density at radius 2 is 2.31 bits per heavy atom. The number of aromatic nitrogens is 2. The zero-order valence-electron chi connectivity index (χ0n) is 8.77. The number of hydrogen-bond acceptors (Lipinski definition) is 2. The van der Waals surface area contributed by atoms with Crippen molar-refractivity contribution >= 4 is 17.0 Å². The number of carboxylic acids is 1. The van der Waals surface area contributed by atoms with Crippen molar-refractivity contribution in [2.24, 2.45) is 0 Å². The largest absolute Gasteiger partial charge is 0.481 e. The molecule has 0 spiro atoms. The molecule has 0 radical (unpaired) electrons. The van der Waals surface area contributed by atoms with Crippen LogP contribution in [0.15, 0.2) is 18.2 Å². The van der Waals surface area contributed by atoms with Crippen LogP contribution in [0.5, 0.6) is 0 Å². The summed E-state index contributed by atoms with van der Waals surface area (Å²) in [6.07, 6.45) is -0.149. The van der Waals surface area contributed by atoms with Crippen LogP contribution in [0.25, 0.3) is 11.0 Å². The van der Waals surface area contributed by atoms with Gasteiger partial charge in [-0.25, -0.2) is 9.37 Å². The molecule has 4 nitrogen and oxygen atoms in total. The third kappa shape index (κ3) is 1.76. The summed E-state index contributed by atoms with van der Waals surface area (Å²) < 4.78 is 14.8. The SMILES string of the molecule is CCn1c(CC(=O)O)nc2cc(F)ccc21. The Bertz CT molecular complexity index is 548. The van der Waals surface area contributed by atoms with Gasteiger partial charge < -0.3 is 9.67 Å². The summed E-state index contributed by atoms with van der Waals surface area (Å²) in [7, 11) is 0. The number of halogens is 1. The average Bonchev–Trinajstić information content (AvgIpc) is 2.52. The summed E-state index contributed by atoms with van der Waals surface area (Å²) >= 11 is 0. The quantitative estimate of drug-likeness (QED) is 0.861. The second kappa shape index (κ2) is 3.92. The molecule has 16 heavy (non-hydrogen) atoms. The van der Waals surface area contributed by atoms with Gasteiger partial charge in [0.15, 0.2) is 0 Å². The van der Waals surface area contributed by atoms with Crippen LogP contribution in [0.3, 0.4) is 0 Å². The summed E-state index contributed by atoms with van der Waals surface area (Å²) in [5.41, 5.74) is 1.26. The second-order valence-electron chi connectivity index (χ2n) is 3.48. The number of fused-ring (bicyclic) bond motifs is 1. The lowest BCUT2D eigenvalue weighted by Crippen LogP contribution is -2.08. The Kier molecular flexibility index (Phi) is 2.60. The van der Waals surface area contributed by atoms with Gasteiger partial charge in [-0.15, -0.1) is 0 Å². The molecular weight excluding hydrogens is 211 g/mol. The third-order valence-corrected chi connectivity index (χ3v) is 2.41. The lowest BCUT2D eigenvalue weighted by molar-refractivity contribution is -0.136. The molecule has 0 aliphatic carbocycles. The molecule has 1 heterocycles. The first kappa shape index (κ1) is 10.6. The van der Waals surface area contributed by atoms with Crippen LogP contribution in [0.4, 0.5) is 4.39 Å². The molecule has 2 aromatic rings. The summed E-state index contributed by atoms with van der Waals surface area (Å²) in [5, 5.41) is 8.74. The van der Waals surface area contributed by atoms with Gasteiger partial charge in [0.1, 0.15) is 18.1 Å². The molecule has 1 aromatic carbocycles. The number of nitrogens with zero attached hydrogens (tertiary/aromatic N) is 2. The Morgan fingerprint density at radius 1 is 1.56 bits per heavy atom. The van der Waals surface area contributed by atoms with Crippen LogP contribution in [-0.4, -0.2) is 20.6 Å². The van der Waals surface area contributed by atoms with Gasteiger partial charge >= 0.3 is 5.97 Å². The van der Waals surface area contributed by atoms with Crippen molar-refractivity contribution in [3.8, 4) is 0 Å². The average molecular weight is 222 g/mol. The Labute approximate surface area is 91.3 Å². The number of hydrogen-bond donors (Lipinski definition) is 1. The minimum atomic E-state index is -0.939. The fourth-order valence-electron chi connectivity index (χ4n) is 1.78. The molecule has 0 bridgehead atoms. The van der Waals surface area contributed by atoms with E-state index in [1.165, 1.54) is 12.1 Å². The molecule has 5 heteroatoms. The van der Waals surface area contributed by atoms with Crippen molar-refractivity contribution < 1.29 is 14.3 Å². The summed E-state index contributed by atoms with van der Waals surface area (Å²) in [6, 6.07) is 4.28. The minimum absolute atomic E-state index is 0.149. The molecule has 0 atom stereocenters. The van der Waals surface area contributed by atoms with E-state index in [9.17, 15) is 9.18 Å². The standard InChI is InChI=1S/C11H11FN2O2/c1-2-14-9-4-3-7(12)5-8(9)13-10(14)6-11(15)16/h3-5H,2,6H2,1H3,(H,15,16). The van der Waals surface area contributed by atoms with Crippen molar-refractivity contribution in [1.29, 1.82) is 0 Å². The fourth-order valence-corrected chi connectivity index (χ4v) is 1.78. The second-order valence-corrected chi connectivity index (χ2v) is 3.48. The van der Waals surface area contributed by atoms with E-state index in [1.807, 2.05) is 6.92 Å². The van der Waals surface area contributed by atoms with Crippen LogP contribution in [0.2, 0.25) is 0 Å². The summed E-state index contributed by atoms with van der Waals surface area (Å²) in [6.45, 7) is 2.51. The third-order valence-electron chi connectivity index (χ3n) is 2.41. The smallest absolute Gasteiger partial charge is 0.311 e. The first-order valence-electron chi connectivity index (χ1n) is 4.98. The van der Waals surface area contributed by atoms with Crippen molar-refractivity contribution in [3.63, 3.8) is 0 Å². The normalized spacial score (nSPS) is 10.9. The fraction of sp³-hybridized carbons (Fsp3) is 0.273. The molecule has 0 aliphatic rings. The van der Waals surface area contributed by atoms with Gasteiger partial charge in [-0.3, -0.25) is 4.79 Å². The zero-order valence-corrected chi connectivity index (χ0v) is 8.77. The minimum Gasteiger partial charge on any atom is -0.481 e. The van der Waals surface area contributed by atoms with Crippen LogP contribution in [-0.2, 0) is 17.8 Å². The van der Waals surface area contributed by atoms with Gasteiger partial charge in [0.2, 0.25) is 0 Å². The predicted molar refractivity (Wildman–Crippen MR) is 56.7 cm³/mol. The van der Waals surface area contributed by atoms with Crippen LogP contribution < -0.4 is 0 Å². The maximum absolute atomic E-state index is 13.0. The van der Waals surface area contributed by atoms with E-state index >= 15 is 0 Å². The van der Waals surface area contributed by atoms with Crippen molar-refractivity contribution in [3.05, 3.63) is 29.8 Å². The predicted octanol–water partition coefficient (Wildman–Crippen LogP) is 1.82. The molecule has 2 rings (SSSR count). The van der Waals surface area contributed by atoms with Crippen molar-refractivity contribution in [2.75, 3.05) is 0 Å². The lowest BCUT2D eigenvalue weighted by Gasteiger charge is -2.03. The van der Waals surface area contributed by atoms with Gasteiger partial charge in [-0.1, -0.05) is 0 Å². The van der Waals surface area contributed by atoms with Crippen molar-refractivity contribution in [1.82, 2.24) is 9.55 Å². The monoisotopic (exact) mass is 222 g/mol. The molecular formula is C11H11FN2O2. The van der Waals surface area contributed by atoms with E-state index in [-0.39, 0.29) is 12.2 Å². The number of imidazole rings is 1. The molecule has 0 saturated carbocycles. The zero-order chi connectivity index (χ0) is 11.7. The number of carbonyl (C=O) groups is 1. The molecule has 84 valence electrons. The van der Waals surface area contributed by atoms with Crippen molar-refractivity contribution in [2.45, 2.75) is 19.9 Å². The first-order chi connectivity index (χ1) is 7.61. The van der Waals surface area contributed by atoms with E-state index in [0.717, 1.165) is 5.52 Å². The van der Waals surface area contributed by atoms with Gasteiger partial charge in [0.25, 0.3) is 0 Å². The molecule has 0 saturated heterocycles. The Hall–Kier alpha value is -1.91. The van der Waals surface area contributed by atoms with E-state index in [2.05, 4.69) is 4.98 Å². The maximum atomic E-state index is 13.0. The van der Waals surface area contributed by atoms with Gasteiger partial charge in [0.05, 0.1) is 11.0 Å². The summed E-state index contributed by atoms with van der Waals surface area (Å²) in [5.74, 6) is -0.851. The Balaban J connectivity index is 2.61. The molecule has 0 amide bonds. The Morgan fingerprint density at radius 3 is 2.94 bits per heavy atom. The highest BCUT2D eigenvalue weighted by atomic mass is 19.1.